The van der Waals surface area contributed by atoms with Gasteiger partial charge in [-0.05, 0) is 6.26 Å². The van der Waals surface area contributed by atoms with Crippen LogP contribution in [0.3, 0.4) is 0 Å². The van der Waals surface area contributed by atoms with E-state index < -0.39 is 31.3 Å². The Labute approximate surface area is 126 Å². The maximum absolute atomic E-state index is 14.0. The standard InChI is InChI=1S/C11H16FN3O4S2/c1-7(20-3)6-14-21(18,19)11-9(12)4-8(15(16)17)5-10(11)13-2/h4-5,7,13-14H,6H2,1-3H3. The molecule has 118 valence electrons. The van der Waals surface area contributed by atoms with Crippen molar-refractivity contribution in [2.24, 2.45) is 0 Å². The van der Waals surface area contributed by atoms with Crippen molar-refractivity contribution in [1.29, 1.82) is 0 Å². The van der Waals surface area contributed by atoms with Crippen molar-refractivity contribution in [3.05, 3.63) is 28.1 Å². The Balaban J connectivity index is 3.25. The number of nitro groups is 1. The molecule has 0 radical (unpaired) electrons. The van der Waals surface area contributed by atoms with Crippen LogP contribution in [0.5, 0.6) is 0 Å². The summed E-state index contributed by atoms with van der Waals surface area (Å²) in [7, 11) is -2.74. The van der Waals surface area contributed by atoms with Gasteiger partial charge in [0.15, 0.2) is 5.82 Å². The Morgan fingerprint density at radius 1 is 1.48 bits per heavy atom. The molecule has 2 N–H and O–H groups in total. The highest BCUT2D eigenvalue weighted by Crippen LogP contribution is 2.29. The highest BCUT2D eigenvalue weighted by molar-refractivity contribution is 7.99. The Hall–Kier alpha value is -1.39. The summed E-state index contributed by atoms with van der Waals surface area (Å²) < 4.78 is 40.6. The zero-order valence-electron chi connectivity index (χ0n) is 11.7. The minimum atomic E-state index is -4.10. The minimum absolute atomic E-state index is 0.0129. The molecule has 0 aliphatic rings. The van der Waals surface area contributed by atoms with Crippen molar-refractivity contribution in [2.45, 2.75) is 17.1 Å². The second-order valence-electron chi connectivity index (χ2n) is 4.21. The van der Waals surface area contributed by atoms with E-state index in [1.165, 1.54) is 18.8 Å². The molecular weight excluding hydrogens is 321 g/mol. The Bertz CT molecular complexity index is 637. The fraction of sp³-hybridized carbons (Fsp3) is 0.455. The summed E-state index contributed by atoms with van der Waals surface area (Å²) in [5.74, 6) is -1.17. The van der Waals surface area contributed by atoms with Crippen LogP contribution in [0.4, 0.5) is 15.8 Å². The zero-order chi connectivity index (χ0) is 16.2. The summed E-state index contributed by atoms with van der Waals surface area (Å²) in [6.07, 6.45) is 1.82. The molecule has 0 amide bonds. The summed E-state index contributed by atoms with van der Waals surface area (Å²) in [6.45, 7) is 1.95. The second kappa shape index (κ2) is 7.05. The first-order valence-electron chi connectivity index (χ1n) is 5.91. The summed E-state index contributed by atoms with van der Waals surface area (Å²) >= 11 is 1.46. The molecule has 0 spiro atoms. The quantitative estimate of drug-likeness (QED) is 0.581. The average molecular weight is 337 g/mol. The van der Waals surface area contributed by atoms with E-state index in [4.69, 9.17) is 0 Å². The van der Waals surface area contributed by atoms with Gasteiger partial charge in [0, 0.05) is 24.9 Å². The van der Waals surface area contributed by atoms with Crippen molar-refractivity contribution >= 4 is 33.2 Å². The summed E-state index contributed by atoms with van der Waals surface area (Å²) in [6, 6.07) is 1.57. The lowest BCUT2D eigenvalue weighted by atomic mass is 10.2. The van der Waals surface area contributed by atoms with E-state index in [1.807, 2.05) is 13.2 Å². The minimum Gasteiger partial charge on any atom is -0.387 e. The molecule has 1 aromatic carbocycles. The number of nitrogens with one attached hydrogen (secondary N) is 2. The van der Waals surface area contributed by atoms with Crippen LogP contribution < -0.4 is 10.0 Å². The lowest BCUT2D eigenvalue weighted by Crippen LogP contribution is -2.30. The predicted molar refractivity (Wildman–Crippen MR) is 80.8 cm³/mol. The van der Waals surface area contributed by atoms with Gasteiger partial charge in [-0.15, -0.1) is 0 Å². The van der Waals surface area contributed by atoms with Crippen LogP contribution in [0.2, 0.25) is 0 Å². The molecule has 0 aromatic heterocycles. The summed E-state index contributed by atoms with van der Waals surface area (Å²) in [5.41, 5.74) is -0.681. The Morgan fingerprint density at radius 3 is 2.57 bits per heavy atom. The average Bonchev–Trinajstić information content (AvgIpc) is 2.43. The van der Waals surface area contributed by atoms with E-state index in [2.05, 4.69) is 10.0 Å². The highest BCUT2D eigenvalue weighted by atomic mass is 32.2. The smallest absolute Gasteiger partial charge is 0.274 e. The molecule has 1 rings (SSSR count). The van der Waals surface area contributed by atoms with Crippen LogP contribution >= 0.6 is 11.8 Å². The predicted octanol–water partition coefficient (Wildman–Crippen LogP) is 1.81. The SMILES string of the molecule is CNc1cc([N+](=O)[O-])cc(F)c1S(=O)(=O)NCC(C)SC. The number of non-ortho nitro benzene ring substituents is 1. The Morgan fingerprint density at radius 2 is 2.10 bits per heavy atom. The van der Waals surface area contributed by atoms with Crippen molar-refractivity contribution < 1.29 is 17.7 Å². The third-order valence-corrected chi connectivity index (χ3v) is 5.21. The Kier molecular flexibility index (Phi) is 5.93. The van der Waals surface area contributed by atoms with Gasteiger partial charge < -0.3 is 5.32 Å². The fourth-order valence-corrected chi connectivity index (χ4v) is 3.26. The maximum atomic E-state index is 14.0. The number of nitro benzene ring substituents is 1. The number of halogens is 1. The fourth-order valence-electron chi connectivity index (χ4n) is 1.53. The molecule has 0 saturated carbocycles. The van der Waals surface area contributed by atoms with E-state index in [1.54, 1.807) is 0 Å². The number of nitrogens with zero attached hydrogens (tertiary/aromatic N) is 1. The zero-order valence-corrected chi connectivity index (χ0v) is 13.3. The molecule has 0 aliphatic heterocycles. The lowest BCUT2D eigenvalue weighted by Gasteiger charge is -2.14. The number of rotatable bonds is 7. The van der Waals surface area contributed by atoms with Gasteiger partial charge in [-0.25, -0.2) is 17.5 Å². The van der Waals surface area contributed by atoms with Gasteiger partial charge in [0.25, 0.3) is 5.69 Å². The number of anilines is 1. The van der Waals surface area contributed by atoms with Crippen LogP contribution in [0.15, 0.2) is 17.0 Å². The van der Waals surface area contributed by atoms with Crippen LogP contribution in [0.1, 0.15) is 6.92 Å². The van der Waals surface area contributed by atoms with E-state index >= 15 is 0 Å². The van der Waals surface area contributed by atoms with E-state index in [0.717, 1.165) is 6.07 Å². The van der Waals surface area contributed by atoms with Crippen LogP contribution in [0, 0.1) is 15.9 Å². The number of benzene rings is 1. The second-order valence-corrected chi connectivity index (χ2v) is 7.19. The first kappa shape index (κ1) is 17.7. The molecule has 0 fully saturated rings. The molecule has 21 heavy (non-hydrogen) atoms. The molecule has 1 atom stereocenters. The summed E-state index contributed by atoms with van der Waals surface area (Å²) in [5, 5.41) is 13.2. The van der Waals surface area contributed by atoms with Crippen molar-refractivity contribution in [3.8, 4) is 0 Å². The largest absolute Gasteiger partial charge is 0.387 e. The molecule has 0 saturated heterocycles. The van der Waals surface area contributed by atoms with E-state index in [9.17, 15) is 22.9 Å². The van der Waals surface area contributed by atoms with Crippen LogP contribution in [-0.2, 0) is 10.0 Å². The van der Waals surface area contributed by atoms with Gasteiger partial charge in [0.2, 0.25) is 10.0 Å². The first-order chi connectivity index (χ1) is 9.72. The molecule has 0 bridgehead atoms. The van der Waals surface area contributed by atoms with Crippen molar-refractivity contribution in [1.82, 2.24) is 4.72 Å². The number of hydrogen-bond acceptors (Lipinski definition) is 6. The van der Waals surface area contributed by atoms with Crippen LogP contribution in [0.25, 0.3) is 0 Å². The molecule has 1 unspecified atom stereocenters. The summed E-state index contributed by atoms with van der Waals surface area (Å²) in [4.78, 5) is 9.27. The van der Waals surface area contributed by atoms with Gasteiger partial charge in [0.1, 0.15) is 4.90 Å². The third kappa shape index (κ3) is 4.29. The number of hydrogen-bond donors (Lipinski definition) is 2. The van der Waals surface area contributed by atoms with Gasteiger partial charge >= 0.3 is 0 Å². The van der Waals surface area contributed by atoms with Gasteiger partial charge in [0.05, 0.1) is 16.7 Å². The van der Waals surface area contributed by atoms with Gasteiger partial charge in [-0.3, -0.25) is 10.1 Å². The topological polar surface area (TPSA) is 101 Å². The molecule has 10 heteroatoms. The normalized spacial score (nSPS) is 13.0. The maximum Gasteiger partial charge on any atom is 0.274 e. The van der Waals surface area contributed by atoms with Crippen molar-refractivity contribution in [3.63, 3.8) is 0 Å². The van der Waals surface area contributed by atoms with Gasteiger partial charge in [-0.2, -0.15) is 11.8 Å². The monoisotopic (exact) mass is 337 g/mol. The van der Waals surface area contributed by atoms with Crippen molar-refractivity contribution in [2.75, 3.05) is 25.2 Å². The number of sulfonamides is 1. The third-order valence-electron chi connectivity index (χ3n) is 2.74. The van der Waals surface area contributed by atoms with Gasteiger partial charge in [-0.1, -0.05) is 6.92 Å². The lowest BCUT2D eigenvalue weighted by molar-refractivity contribution is -0.385. The molecule has 0 heterocycles. The van der Waals surface area contributed by atoms with E-state index in [0.29, 0.717) is 6.07 Å². The molecular formula is C11H16FN3O4S2. The molecule has 7 nitrogen and oxygen atoms in total. The molecule has 0 aliphatic carbocycles. The highest BCUT2D eigenvalue weighted by Gasteiger charge is 2.26. The molecule has 1 aromatic rings. The van der Waals surface area contributed by atoms with Crippen LogP contribution in [-0.4, -0.2) is 38.4 Å². The number of thioether (sulfide) groups is 1. The first-order valence-corrected chi connectivity index (χ1v) is 8.68. The van der Waals surface area contributed by atoms with E-state index in [-0.39, 0.29) is 17.5 Å².